The van der Waals surface area contributed by atoms with Gasteiger partial charge >= 0.3 is 0 Å². The zero-order chi connectivity index (χ0) is 11.5. The first kappa shape index (κ1) is 10.3. The van der Waals surface area contributed by atoms with E-state index in [-0.39, 0.29) is 17.7 Å². The van der Waals surface area contributed by atoms with Crippen molar-refractivity contribution >= 4 is 11.9 Å². The Morgan fingerprint density at radius 1 is 1.50 bits per heavy atom. The number of hydrogen-bond acceptors (Lipinski definition) is 3. The number of anilines is 1. The number of aryl methyl sites for hydroxylation is 1. The molecule has 2 aromatic rings. The largest absolute Gasteiger partial charge is 0.291 e. The van der Waals surface area contributed by atoms with Crippen LogP contribution in [0, 0.1) is 12.7 Å². The number of rotatable bonds is 2. The summed E-state index contributed by atoms with van der Waals surface area (Å²) in [5.74, 6) is -0.461. The number of halogens is 1. The maximum absolute atomic E-state index is 12.8. The number of aromatic amines is 1. The van der Waals surface area contributed by atoms with Crippen LogP contribution in [-0.2, 0) is 0 Å². The Balaban J connectivity index is 2.21. The number of carbonyl (C=O) groups is 1. The zero-order valence-electron chi connectivity index (χ0n) is 8.49. The first-order valence-corrected chi connectivity index (χ1v) is 4.59. The van der Waals surface area contributed by atoms with E-state index in [1.807, 2.05) is 0 Å². The lowest BCUT2D eigenvalue weighted by molar-refractivity contribution is 0.102. The smallest absolute Gasteiger partial charge is 0.258 e. The number of H-pyrrole nitrogens is 1. The maximum atomic E-state index is 12.8. The highest BCUT2D eigenvalue weighted by Crippen LogP contribution is 2.11. The first-order chi connectivity index (χ1) is 7.66. The summed E-state index contributed by atoms with van der Waals surface area (Å²) in [4.78, 5) is 15.5. The van der Waals surface area contributed by atoms with Crippen molar-refractivity contribution in [2.45, 2.75) is 6.92 Å². The molecule has 82 valence electrons. The van der Waals surface area contributed by atoms with Gasteiger partial charge in [-0.15, -0.1) is 0 Å². The molecule has 0 radical (unpaired) electrons. The molecule has 1 heterocycles. The van der Waals surface area contributed by atoms with Crippen LogP contribution in [0.1, 0.15) is 15.9 Å². The van der Waals surface area contributed by atoms with Crippen LogP contribution < -0.4 is 5.32 Å². The standard InChI is InChI=1S/C10H9FN4O/c1-6-4-7(11)2-3-8(6)9(16)14-10-12-5-13-15-10/h2-5H,1H3,(H2,12,13,14,15,16). The second-order valence-corrected chi connectivity index (χ2v) is 3.25. The molecular formula is C10H9FN4O. The quantitative estimate of drug-likeness (QED) is 0.805. The Morgan fingerprint density at radius 3 is 2.94 bits per heavy atom. The minimum Gasteiger partial charge on any atom is -0.291 e. The third-order valence-corrected chi connectivity index (χ3v) is 2.08. The number of amides is 1. The van der Waals surface area contributed by atoms with Crippen molar-refractivity contribution < 1.29 is 9.18 Å². The van der Waals surface area contributed by atoms with Gasteiger partial charge in [0.1, 0.15) is 12.1 Å². The van der Waals surface area contributed by atoms with E-state index in [9.17, 15) is 9.18 Å². The third kappa shape index (κ3) is 2.05. The Labute approximate surface area is 90.7 Å². The lowest BCUT2D eigenvalue weighted by Crippen LogP contribution is -2.14. The molecule has 0 fully saturated rings. The molecule has 5 nitrogen and oxygen atoms in total. The number of hydrogen-bond donors (Lipinski definition) is 2. The van der Waals surface area contributed by atoms with Crippen LogP contribution in [0.15, 0.2) is 24.5 Å². The molecular weight excluding hydrogens is 211 g/mol. The highest BCUT2D eigenvalue weighted by atomic mass is 19.1. The highest BCUT2D eigenvalue weighted by molar-refractivity contribution is 6.04. The zero-order valence-corrected chi connectivity index (χ0v) is 8.49. The molecule has 0 bridgehead atoms. The summed E-state index contributed by atoms with van der Waals surface area (Å²) in [5, 5.41) is 8.60. The molecule has 16 heavy (non-hydrogen) atoms. The average molecular weight is 220 g/mol. The molecule has 0 unspecified atom stereocenters. The van der Waals surface area contributed by atoms with Gasteiger partial charge in [-0.2, -0.15) is 10.1 Å². The molecule has 1 aromatic heterocycles. The van der Waals surface area contributed by atoms with Crippen molar-refractivity contribution in [1.29, 1.82) is 0 Å². The van der Waals surface area contributed by atoms with Gasteiger partial charge in [0.05, 0.1) is 0 Å². The summed E-state index contributed by atoms with van der Waals surface area (Å²) in [6.07, 6.45) is 1.28. The second kappa shape index (κ2) is 4.09. The van der Waals surface area contributed by atoms with Crippen LogP contribution in [0.5, 0.6) is 0 Å². The van der Waals surface area contributed by atoms with Crippen molar-refractivity contribution in [3.63, 3.8) is 0 Å². The van der Waals surface area contributed by atoms with Gasteiger partial charge in [-0.3, -0.25) is 10.1 Å². The fraction of sp³-hybridized carbons (Fsp3) is 0.100. The normalized spacial score (nSPS) is 10.1. The SMILES string of the molecule is Cc1cc(F)ccc1C(=O)Nc1ncn[nH]1. The number of benzene rings is 1. The Hall–Kier alpha value is -2.24. The lowest BCUT2D eigenvalue weighted by atomic mass is 10.1. The summed E-state index contributed by atoms with van der Waals surface area (Å²) >= 11 is 0. The second-order valence-electron chi connectivity index (χ2n) is 3.25. The molecule has 0 saturated heterocycles. The topological polar surface area (TPSA) is 70.7 Å². The molecule has 0 aliphatic carbocycles. The Kier molecular flexibility index (Phi) is 2.63. The Morgan fingerprint density at radius 2 is 2.31 bits per heavy atom. The van der Waals surface area contributed by atoms with Gasteiger partial charge in [-0.25, -0.2) is 9.49 Å². The number of carbonyl (C=O) groups excluding carboxylic acids is 1. The van der Waals surface area contributed by atoms with Crippen molar-refractivity contribution in [3.8, 4) is 0 Å². The lowest BCUT2D eigenvalue weighted by Gasteiger charge is -2.04. The van der Waals surface area contributed by atoms with Crippen molar-refractivity contribution in [1.82, 2.24) is 15.2 Å². The highest BCUT2D eigenvalue weighted by Gasteiger charge is 2.10. The average Bonchev–Trinajstić information content (AvgIpc) is 2.70. The molecule has 2 N–H and O–H groups in total. The van der Waals surface area contributed by atoms with Crippen molar-refractivity contribution in [2.75, 3.05) is 5.32 Å². The fourth-order valence-electron chi connectivity index (χ4n) is 1.32. The minimum absolute atomic E-state index is 0.258. The molecule has 1 aromatic carbocycles. The van der Waals surface area contributed by atoms with E-state index in [0.717, 1.165) is 0 Å². The van der Waals surface area contributed by atoms with E-state index in [0.29, 0.717) is 11.1 Å². The van der Waals surface area contributed by atoms with Crippen LogP contribution in [0.25, 0.3) is 0 Å². The molecule has 1 amide bonds. The van der Waals surface area contributed by atoms with E-state index in [2.05, 4.69) is 20.5 Å². The summed E-state index contributed by atoms with van der Waals surface area (Å²) in [6.45, 7) is 1.67. The van der Waals surface area contributed by atoms with E-state index < -0.39 is 0 Å². The molecule has 2 rings (SSSR count). The fourth-order valence-corrected chi connectivity index (χ4v) is 1.32. The number of aromatic nitrogens is 3. The van der Waals surface area contributed by atoms with Crippen LogP contribution in [0.4, 0.5) is 10.3 Å². The molecule has 6 heteroatoms. The summed E-state index contributed by atoms with van der Waals surface area (Å²) in [6, 6.07) is 3.97. The van der Waals surface area contributed by atoms with E-state index in [1.54, 1.807) is 6.92 Å². The monoisotopic (exact) mass is 220 g/mol. The summed E-state index contributed by atoms with van der Waals surface area (Å²) < 4.78 is 12.8. The third-order valence-electron chi connectivity index (χ3n) is 2.08. The summed E-state index contributed by atoms with van der Waals surface area (Å²) in [7, 11) is 0. The van der Waals surface area contributed by atoms with Crippen molar-refractivity contribution in [3.05, 3.63) is 41.5 Å². The maximum Gasteiger partial charge on any atom is 0.258 e. The number of nitrogens with zero attached hydrogens (tertiary/aromatic N) is 2. The van der Waals surface area contributed by atoms with Crippen LogP contribution >= 0.6 is 0 Å². The van der Waals surface area contributed by atoms with Gasteiger partial charge in [-0.1, -0.05) is 0 Å². The van der Waals surface area contributed by atoms with Gasteiger partial charge in [0.25, 0.3) is 5.91 Å². The summed E-state index contributed by atoms with van der Waals surface area (Å²) in [5.41, 5.74) is 0.967. The Bertz CT molecular complexity index is 510. The molecule has 0 saturated carbocycles. The van der Waals surface area contributed by atoms with Crippen LogP contribution in [0.3, 0.4) is 0 Å². The molecule has 0 aliphatic rings. The van der Waals surface area contributed by atoms with Gasteiger partial charge in [0, 0.05) is 5.56 Å². The van der Waals surface area contributed by atoms with E-state index >= 15 is 0 Å². The van der Waals surface area contributed by atoms with Crippen molar-refractivity contribution in [2.24, 2.45) is 0 Å². The van der Waals surface area contributed by atoms with E-state index in [4.69, 9.17) is 0 Å². The predicted molar refractivity (Wildman–Crippen MR) is 55.5 cm³/mol. The van der Waals surface area contributed by atoms with E-state index in [1.165, 1.54) is 24.5 Å². The van der Waals surface area contributed by atoms with Gasteiger partial charge in [0.15, 0.2) is 0 Å². The molecule has 0 atom stereocenters. The van der Waals surface area contributed by atoms with Gasteiger partial charge in [0.2, 0.25) is 5.95 Å². The molecule has 0 spiro atoms. The van der Waals surface area contributed by atoms with Gasteiger partial charge in [-0.05, 0) is 30.7 Å². The predicted octanol–water partition coefficient (Wildman–Crippen LogP) is 1.50. The first-order valence-electron chi connectivity index (χ1n) is 4.59. The van der Waals surface area contributed by atoms with Gasteiger partial charge < -0.3 is 0 Å². The van der Waals surface area contributed by atoms with Crippen LogP contribution in [-0.4, -0.2) is 21.1 Å². The van der Waals surface area contributed by atoms with Crippen LogP contribution in [0.2, 0.25) is 0 Å². The minimum atomic E-state index is -0.367. The molecule has 0 aliphatic heterocycles. The number of nitrogens with one attached hydrogen (secondary N) is 2.